The van der Waals surface area contributed by atoms with Gasteiger partial charge >= 0.3 is 0 Å². The van der Waals surface area contributed by atoms with Crippen LogP contribution in [0.2, 0.25) is 0 Å². The Labute approximate surface area is 114 Å². The van der Waals surface area contributed by atoms with Crippen molar-refractivity contribution in [1.29, 1.82) is 0 Å². The Morgan fingerprint density at radius 2 is 1.60 bits per heavy atom. The van der Waals surface area contributed by atoms with E-state index in [0.717, 1.165) is 10.5 Å². The van der Waals surface area contributed by atoms with Crippen LogP contribution in [0.5, 0.6) is 11.5 Å². The second kappa shape index (κ2) is 4.38. The number of rotatable bonds is 2. The summed E-state index contributed by atoms with van der Waals surface area (Å²) < 4.78 is 0. The van der Waals surface area contributed by atoms with Crippen LogP contribution in [0, 0.1) is 0 Å². The highest BCUT2D eigenvalue weighted by atomic mass is 16.3. The summed E-state index contributed by atoms with van der Waals surface area (Å²) in [6, 6.07) is 11.6. The van der Waals surface area contributed by atoms with Gasteiger partial charge in [0.05, 0.1) is 17.7 Å². The van der Waals surface area contributed by atoms with Crippen molar-refractivity contribution < 1.29 is 19.8 Å². The summed E-state index contributed by atoms with van der Waals surface area (Å²) in [6.45, 7) is 0.132. The minimum absolute atomic E-state index is 0.112. The molecule has 1 aliphatic rings. The zero-order valence-electron chi connectivity index (χ0n) is 10.4. The number of fused-ring (bicyclic) bond motifs is 1. The summed E-state index contributed by atoms with van der Waals surface area (Å²) in [6.07, 6.45) is 0. The molecule has 0 spiro atoms. The molecule has 0 aromatic heterocycles. The Hall–Kier alpha value is -2.82. The average molecular weight is 269 g/mol. The maximum atomic E-state index is 12.2. The van der Waals surface area contributed by atoms with E-state index in [-0.39, 0.29) is 17.7 Å². The summed E-state index contributed by atoms with van der Waals surface area (Å²) in [7, 11) is 0. The Kier molecular flexibility index (Phi) is 2.68. The third-order valence-electron chi connectivity index (χ3n) is 3.27. The van der Waals surface area contributed by atoms with Crippen LogP contribution in [-0.2, 0) is 6.54 Å². The number of carbonyl (C=O) groups is 2. The molecule has 0 aliphatic carbocycles. The number of benzene rings is 2. The number of phenolic OH excluding ortho intramolecular Hbond substituents is 2. The van der Waals surface area contributed by atoms with Crippen LogP contribution < -0.4 is 0 Å². The molecule has 5 heteroatoms. The van der Waals surface area contributed by atoms with E-state index >= 15 is 0 Å². The van der Waals surface area contributed by atoms with Crippen molar-refractivity contribution in [3.05, 3.63) is 59.2 Å². The van der Waals surface area contributed by atoms with Gasteiger partial charge in [-0.05, 0) is 17.7 Å². The number of amides is 2. The predicted molar refractivity (Wildman–Crippen MR) is 70.4 cm³/mol. The van der Waals surface area contributed by atoms with Crippen LogP contribution in [0.1, 0.15) is 26.3 Å². The highest BCUT2D eigenvalue weighted by Crippen LogP contribution is 2.37. The number of hydrogen-bond donors (Lipinski definition) is 2. The summed E-state index contributed by atoms with van der Waals surface area (Å²) >= 11 is 0. The molecule has 0 unspecified atom stereocenters. The first-order valence-electron chi connectivity index (χ1n) is 6.04. The number of carbonyl (C=O) groups excluding carboxylic acids is 2. The standard InChI is InChI=1S/C15H11NO4/c17-11-7-6-10-12(13(11)18)15(20)16(14(10)19)8-9-4-2-1-3-5-9/h1-7,17-18H,8H2. The molecule has 2 aromatic rings. The summed E-state index contributed by atoms with van der Waals surface area (Å²) in [5.41, 5.74) is 0.790. The van der Waals surface area contributed by atoms with Crippen molar-refractivity contribution in [3.8, 4) is 11.5 Å². The van der Waals surface area contributed by atoms with Crippen LogP contribution in [0.4, 0.5) is 0 Å². The summed E-state index contributed by atoms with van der Waals surface area (Å²) in [4.78, 5) is 25.5. The third-order valence-corrected chi connectivity index (χ3v) is 3.27. The van der Waals surface area contributed by atoms with Gasteiger partial charge in [0.15, 0.2) is 11.5 Å². The first-order valence-corrected chi connectivity index (χ1v) is 6.04. The molecule has 20 heavy (non-hydrogen) atoms. The van der Waals surface area contributed by atoms with Gasteiger partial charge < -0.3 is 10.2 Å². The van der Waals surface area contributed by atoms with Gasteiger partial charge in [-0.3, -0.25) is 14.5 Å². The summed E-state index contributed by atoms with van der Waals surface area (Å²) in [5.74, 6) is -2.02. The second-order valence-electron chi connectivity index (χ2n) is 4.54. The van der Waals surface area contributed by atoms with E-state index in [1.807, 2.05) is 18.2 Å². The number of imide groups is 1. The predicted octanol–water partition coefficient (Wildman–Crippen LogP) is 1.89. The molecule has 5 nitrogen and oxygen atoms in total. The van der Waals surface area contributed by atoms with Crippen LogP contribution in [-0.4, -0.2) is 26.9 Å². The molecule has 0 saturated carbocycles. The lowest BCUT2D eigenvalue weighted by Crippen LogP contribution is -2.29. The maximum Gasteiger partial charge on any atom is 0.265 e. The van der Waals surface area contributed by atoms with Gasteiger partial charge in [0.1, 0.15) is 0 Å². The van der Waals surface area contributed by atoms with Crippen molar-refractivity contribution in [2.45, 2.75) is 6.54 Å². The number of nitrogens with zero attached hydrogens (tertiary/aromatic N) is 1. The van der Waals surface area contributed by atoms with Crippen molar-refractivity contribution in [2.24, 2.45) is 0 Å². The Balaban J connectivity index is 2.00. The highest BCUT2D eigenvalue weighted by Gasteiger charge is 2.38. The Morgan fingerprint density at radius 3 is 2.30 bits per heavy atom. The number of aromatic hydroxyl groups is 2. The molecule has 100 valence electrons. The zero-order chi connectivity index (χ0) is 14.3. The summed E-state index contributed by atoms with van der Waals surface area (Å²) in [5, 5.41) is 19.2. The molecule has 0 saturated heterocycles. The van der Waals surface area contributed by atoms with Crippen molar-refractivity contribution in [1.82, 2.24) is 4.90 Å². The lowest BCUT2D eigenvalue weighted by Gasteiger charge is -2.13. The van der Waals surface area contributed by atoms with E-state index in [9.17, 15) is 19.8 Å². The van der Waals surface area contributed by atoms with Crippen LogP contribution in [0.25, 0.3) is 0 Å². The molecule has 0 bridgehead atoms. The molecule has 3 rings (SSSR count). The van der Waals surface area contributed by atoms with Gasteiger partial charge in [0.25, 0.3) is 11.8 Å². The first kappa shape index (κ1) is 12.2. The minimum Gasteiger partial charge on any atom is -0.504 e. The monoisotopic (exact) mass is 269 g/mol. The number of phenols is 2. The SMILES string of the molecule is O=C1c2ccc(O)c(O)c2C(=O)N1Cc1ccccc1. The Bertz CT molecular complexity index is 709. The largest absolute Gasteiger partial charge is 0.504 e. The quantitative estimate of drug-likeness (QED) is 0.644. The van der Waals surface area contributed by atoms with Gasteiger partial charge in [-0.15, -0.1) is 0 Å². The van der Waals surface area contributed by atoms with Gasteiger partial charge in [-0.2, -0.15) is 0 Å². The second-order valence-corrected chi connectivity index (χ2v) is 4.54. The lowest BCUT2D eigenvalue weighted by atomic mass is 10.1. The van der Waals surface area contributed by atoms with Gasteiger partial charge in [0.2, 0.25) is 0 Å². The Morgan fingerprint density at radius 1 is 0.900 bits per heavy atom. The normalized spacial score (nSPS) is 13.7. The minimum atomic E-state index is -0.595. The van der Waals surface area contributed by atoms with E-state index in [1.54, 1.807) is 12.1 Å². The zero-order valence-corrected chi connectivity index (χ0v) is 10.4. The molecule has 2 aromatic carbocycles. The highest BCUT2D eigenvalue weighted by molar-refractivity contribution is 6.22. The molecular formula is C15H11NO4. The van der Waals surface area contributed by atoms with E-state index in [4.69, 9.17) is 0 Å². The fourth-order valence-corrected chi connectivity index (χ4v) is 2.26. The van der Waals surface area contributed by atoms with E-state index in [2.05, 4.69) is 0 Å². The van der Waals surface area contributed by atoms with Gasteiger partial charge in [0, 0.05) is 0 Å². The molecule has 1 aliphatic heterocycles. The van der Waals surface area contributed by atoms with E-state index in [1.165, 1.54) is 12.1 Å². The molecular weight excluding hydrogens is 258 g/mol. The molecule has 0 atom stereocenters. The van der Waals surface area contributed by atoms with Crippen LogP contribution in [0.15, 0.2) is 42.5 Å². The average Bonchev–Trinajstić information content (AvgIpc) is 2.69. The first-order chi connectivity index (χ1) is 9.59. The van der Waals surface area contributed by atoms with E-state index in [0.29, 0.717) is 0 Å². The number of hydrogen-bond acceptors (Lipinski definition) is 4. The van der Waals surface area contributed by atoms with Crippen LogP contribution >= 0.6 is 0 Å². The molecule has 0 fully saturated rings. The van der Waals surface area contributed by atoms with Crippen molar-refractivity contribution in [2.75, 3.05) is 0 Å². The topological polar surface area (TPSA) is 77.8 Å². The molecule has 1 heterocycles. The lowest BCUT2D eigenvalue weighted by molar-refractivity contribution is 0.0641. The maximum absolute atomic E-state index is 12.2. The molecule has 0 radical (unpaired) electrons. The van der Waals surface area contributed by atoms with Crippen LogP contribution in [0.3, 0.4) is 0 Å². The molecule has 2 amide bonds. The van der Waals surface area contributed by atoms with Crippen molar-refractivity contribution in [3.63, 3.8) is 0 Å². The fourth-order valence-electron chi connectivity index (χ4n) is 2.26. The fraction of sp³-hybridized carbons (Fsp3) is 0.0667. The van der Waals surface area contributed by atoms with E-state index < -0.39 is 23.3 Å². The third kappa shape index (κ3) is 1.72. The smallest absolute Gasteiger partial charge is 0.265 e. The van der Waals surface area contributed by atoms with Gasteiger partial charge in [-0.25, -0.2) is 0 Å². The van der Waals surface area contributed by atoms with Gasteiger partial charge in [-0.1, -0.05) is 30.3 Å². The van der Waals surface area contributed by atoms with Crippen molar-refractivity contribution >= 4 is 11.8 Å². The molecule has 2 N–H and O–H groups in total.